The van der Waals surface area contributed by atoms with Crippen molar-refractivity contribution in [3.05, 3.63) is 76.6 Å². The van der Waals surface area contributed by atoms with Crippen molar-refractivity contribution in [2.24, 2.45) is 0 Å². The van der Waals surface area contributed by atoms with Crippen molar-refractivity contribution in [3.63, 3.8) is 0 Å². The van der Waals surface area contributed by atoms with E-state index in [1.165, 1.54) is 12.1 Å². The second-order valence-corrected chi connectivity index (χ2v) is 7.02. The molecule has 0 saturated carbocycles. The fraction of sp³-hybridized carbons (Fsp3) is 0.250. The van der Waals surface area contributed by atoms with Crippen LogP contribution in [0.25, 0.3) is 5.69 Å². The molecule has 1 atom stereocenters. The van der Waals surface area contributed by atoms with Gasteiger partial charge in [0.1, 0.15) is 11.6 Å². The quantitative estimate of drug-likeness (QED) is 0.682. The Morgan fingerprint density at radius 2 is 1.93 bits per heavy atom. The molecule has 1 N–H and O–H groups in total. The molecule has 0 spiro atoms. The first-order valence-corrected chi connectivity index (χ1v) is 9.38. The van der Waals surface area contributed by atoms with E-state index < -0.39 is 0 Å². The van der Waals surface area contributed by atoms with Gasteiger partial charge in [0.2, 0.25) is 5.82 Å². The zero-order chi connectivity index (χ0) is 19.7. The summed E-state index contributed by atoms with van der Waals surface area (Å²) in [6, 6.07) is 13.2. The van der Waals surface area contributed by atoms with Gasteiger partial charge < -0.3 is 10.2 Å². The molecule has 152 valence electrons. The molecular formula is C20H20Cl2FN5O. The highest BCUT2D eigenvalue weighted by Crippen LogP contribution is 2.29. The molecule has 1 aliphatic heterocycles. The number of hydrogen-bond acceptors (Lipinski definition) is 4. The van der Waals surface area contributed by atoms with Crippen molar-refractivity contribution in [2.75, 3.05) is 19.6 Å². The summed E-state index contributed by atoms with van der Waals surface area (Å²) < 4.78 is 14.7. The standard InChI is InChI=1S/C20H19ClFN5O.ClH/c1-13-24-19(25-27(13)15-8-6-14(22)7-9-15)20(28)26-11-10-23-12-18(26)16-4-2-3-5-17(16)21;/h2-9,18,23H,10-12H2,1H3;1H. The van der Waals surface area contributed by atoms with E-state index in [1.54, 1.807) is 28.6 Å². The molecule has 1 fully saturated rings. The van der Waals surface area contributed by atoms with Crippen LogP contribution in [0.4, 0.5) is 4.39 Å². The Bertz CT molecular complexity index is 1010. The lowest BCUT2D eigenvalue weighted by molar-refractivity contribution is 0.0622. The van der Waals surface area contributed by atoms with E-state index in [0.29, 0.717) is 36.2 Å². The second-order valence-electron chi connectivity index (χ2n) is 6.61. The number of carbonyl (C=O) groups is 1. The van der Waals surface area contributed by atoms with Crippen LogP contribution in [0.5, 0.6) is 0 Å². The predicted molar refractivity (Wildman–Crippen MR) is 111 cm³/mol. The average molecular weight is 436 g/mol. The smallest absolute Gasteiger partial charge is 0.294 e. The van der Waals surface area contributed by atoms with Crippen LogP contribution in [0.2, 0.25) is 5.02 Å². The van der Waals surface area contributed by atoms with Gasteiger partial charge in [-0.1, -0.05) is 29.8 Å². The van der Waals surface area contributed by atoms with Crippen molar-refractivity contribution in [3.8, 4) is 5.69 Å². The molecule has 9 heteroatoms. The molecule has 6 nitrogen and oxygen atoms in total. The van der Waals surface area contributed by atoms with Crippen LogP contribution in [-0.2, 0) is 0 Å². The zero-order valence-electron chi connectivity index (χ0n) is 15.7. The van der Waals surface area contributed by atoms with Crippen molar-refractivity contribution in [1.82, 2.24) is 25.0 Å². The van der Waals surface area contributed by atoms with Crippen molar-refractivity contribution >= 4 is 29.9 Å². The zero-order valence-corrected chi connectivity index (χ0v) is 17.3. The van der Waals surface area contributed by atoms with Gasteiger partial charge in [-0.3, -0.25) is 4.79 Å². The first-order chi connectivity index (χ1) is 13.5. The third-order valence-electron chi connectivity index (χ3n) is 4.80. The molecule has 1 saturated heterocycles. The first-order valence-electron chi connectivity index (χ1n) is 9.00. The van der Waals surface area contributed by atoms with Crippen LogP contribution in [0.3, 0.4) is 0 Å². The summed E-state index contributed by atoms with van der Waals surface area (Å²) in [5.41, 5.74) is 1.54. The molecule has 3 aromatic rings. The SMILES string of the molecule is Cc1nc(C(=O)N2CCNCC2c2ccccc2Cl)nn1-c1ccc(F)cc1.Cl. The summed E-state index contributed by atoms with van der Waals surface area (Å²) in [5, 5.41) is 8.30. The van der Waals surface area contributed by atoms with E-state index in [0.717, 1.165) is 5.56 Å². The van der Waals surface area contributed by atoms with Gasteiger partial charge in [-0.15, -0.1) is 17.5 Å². The number of halogens is 3. The number of hydrogen-bond donors (Lipinski definition) is 1. The number of benzene rings is 2. The highest BCUT2D eigenvalue weighted by atomic mass is 35.5. The summed E-state index contributed by atoms with van der Waals surface area (Å²) >= 11 is 6.36. The van der Waals surface area contributed by atoms with E-state index >= 15 is 0 Å². The number of amides is 1. The lowest BCUT2D eigenvalue weighted by Gasteiger charge is -2.36. The average Bonchev–Trinajstić information content (AvgIpc) is 3.10. The van der Waals surface area contributed by atoms with Crippen LogP contribution >= 0.6 is 24.0 Å². The Kier molecular flexibility index (Phi) is 6.52. The van der Waals surface area contributed by atoms with E-state index in [2.05, 4.69) is 15.4 Å². The summed E-state index contributed by atoms with van der Waals surface area (Å²) in [5.74, 6) is 0.0803. The molecule has 2 aromatic carbocycles. The number of aromatic nitrogens is 3. The second kappa shape index (κ2) is 8.90. The van der Waals surface area contributed by atoms with Crippen LogP contribution < -0.4 is 5.32 Å². The predicted octanol–water partition coefficient (Wildman–Crippen LogP) is 3.58. The minimum atomic E-state index is -0.332. The number of nitrogens with one attached hydrogen (secondary N) is 1. The molecule has 1 amide bonds. The van der Waals surface area contributed by atoms with Crippen molar-refractivity contribution < 1.29 is 9.18 Å². The van der Waals surface area contributed by atoms with Crippen LogP contribution in [0, 0.1) is 12.7 Å². The van der Waals surface area contributed by atoms with Crippen LogP contribution in [-0.4, -0.2) is 45.2 Å². The molecule has 0 radical (unpaired) electrons. The van der Waals surface area contributed by atoms with E-state index in [9.17, 15) is 9.18 Å². The molecule has 1 aliphatic rings. The summed E-state index contributed by atoms with van der Waals surface area (Å²) in [4.78, 5) is 19.3. The maximum atomic E-state index is 13.2. The fourth-order valence-corrected chi connectivity index (χ4v) is 3.67. The maximum absolute atomic E-state index is 13.2. The Hall–Kier alpha value is -2.48. The van der Waals surface area contributed by atoms with E-state index in [-0.39, 0.29) is 36.0 Å². The Balaban J connectivity index is 0.00000240. The maximum Gasteiger partial charge on any atom is 0.294 e. The van der Waals surface area contributed by atoms with E-state index in [4.69, 9.17) is 11.6 Å². The van der Waals surface area contributed by atoms with Gasteiger partial charge in [0.15, 0.2) is 0 Å². The molecule has 2 heterocycles. The van der Waals surface area contributed by atoms with Crippen molar-refractivity contribution in [1.29, 1.82) is 0 Å². The van der Waals surface area contributed by atoms with Gasteiger partial charge in [0.05, 0.1) is 11.7 Å². The molecule has 1 unspecified atom stereocenters. The molecular weight excluding hydrogens is 416 g/mol. The number of nitrogens with zero attached hydrogens (tertiary/aromatic N) is 4. The van der Waals surface area contributed by atoms with Gasteiger partial charge >= 0.3 is 0 Å². The Morgan fingerprint density at radius 1 is 1.21 bits per heavy atom. The minimum absolute atomic E-state index is 0. The monoisotopic (exact) mass is 435 g/mol. The summed E-state index contributed by atoms with van der Waals surface area (Å²) in [7, 11) is 0. The Morgan fingerprint density at radius 3 is 2.66 bits per heavy atom. The minimum Gasteiger partial charge on any atom is -0.326 e. The largest absolute Gasteiger partial charge is 0.326 e. The lowest BCUT2D eigenvalue weighted by Crippen LogP contribution is -2.49. The Labute approximate surface area is 179 Å². The molecule has 4 rings (SSSR count). The normalized spacial score (nSPS) is 16.4. The van der Waals surface area contributed by atoms with Crippen LogP contribution in [0.15, 0.2) is 48.5 Å². The third kappa shape index (κ3) is 4.27. The molecule has 0 bridgehead atoms. The fourth-order valence-electron chi connectivity index (χ4n) is 3.41. The summed E-state index contributed by atoms with van der Waals surface area (Å²) in [6.07, 6.45) is 0. The number of carbonyl (C=O) groups excluding carboxylic acids is 1. The van der Waals surface area contributed by atoms with Gasteiger partial charge in [-0.05, 0) is 42.8 Å². The third-order valence-corrected chi connectivity index (χ3v) is 5.14. The number of piperazine rings is 1. The van der Waals surface area contributed by atoms with Crippen LogP contribution in [0.1, 0.15) is 28.0 Å². The van der Waals surface area contributed by atoms with Gasteiger partial charge in [-0.25, -0.2) is 14.1 Å². The van der Waals surface area contributed by atoms with Crippen molar-refractivity contribution in [2.45, 2.75) is 13.0 Å². The molecule has 1 aromatic heterocycles. The summed E-state index contributed by atoms with van der Waals surface area (Å²) in [6.45, 7) is 3.58. The lowest BCUT2D eigenvalue weighted by atomic mass is 10.0. The highest BCUT2D eigenvalue weighted by molar-refractivity contribution is 6.31. The molecule has 29 heavy (non-hydrogen) atoms. The van der Waals surface area contributed by atoms with Gasteiger partial charge in [-0.2, -0.15) is 0 Å². The first kappa shape index (κ1) is 21.2. The highest BCUT2D eigenvalue weighted by Gasteiger charge is 2.32. The topological polar surface area (TPSA) is 63.1 Å². The molecule has 0 aliphatic carbocycles. The van der Waals surface area contributed by atoms with Gasteiger partial charge in [0.25, 0.3) is 5.91 Å². The number of aryl methyl sites for hydroxylation is 1. The van der Waals surface area contributed by atoms with E-state index in [1.807, 2.05) is 24.3 Å². The van der Waals surface area contributed by atoms with Gasteiger partial charge in [0, 0.05) is 24.7 Å². The number of rotatable bonds is 3.